The molecule has 0 aliphatic carbocycles. The Hall–Kier alpha value is -0.880. The molecule has 0 radical (unpaired) electrons. The molecule has 0 fully saturated rings. The average Bonchev–Trinajstić information content (AvgIpc) is 2.56. The number of alkyl halides is 3. The Balaban J connectivity index is 2.82. The molecule has 0 saturated heterocycles. The summed E-state index contributed by atoms with van der Waals surface area (Å²) in [6.07, 6.45) is -4.24. The summed E-state index contributed by atoms with van der Waals surface area (Å²) < 4.78 is 36.2. The Morgan fingerprint density at radius 2 is 2.24 bits per heavy atom. The molecule has 1 aromatic rings. The highest BCUT2D eigenvalue weighted by Gasteiger charge is 2.27. The maximum atomic E-state index is 12.1. The van der Waals surface area contributed by atoms with Crippen molar-refractivity contribution in [3.63, 3.8) is 0 Å². The molecular weight excluding hydrogens is 273 g/mol. The summed E-state index contributed by atoms with van der Waals surface area (Å²) in [5, 5.41) is 6.91. The van der Waals surface area contributed by atoms with E-state index in [2.05, 4.69) is 4.99 Å². The van der Waals surface area contributed by atoms with Crippen molar-refractivity contribution in [2.75, 3.05) is 0 Å². The first-order chi connectivity index (χ1) is 7.83. The third-order valence-electron chi connectivity index (χ3n) is 2.02. The van der Waals surface area contributed by atoms with Gasteiger partial charge < -0.3 is 0 Å². The predicted octanol–water partition coefficient (Wildman–Crippen LogP) is 4.14. The van der Waals surface area contributed by atoms with E-state index < -0.39 is 12.6 Å². The number of aryl methyl sites for hydroxylation is 2. The number of nitrogens with zero attached hydrogens (tertiary/aromatic N) is 1. The van der Waals surface area contributed by atoms with Crippen LogP contribution in [-0.2, 0) is 6.42 Å². The van der Waals surface area contributed by atoms with Crippen molar-refractivity contribution in [1.29, 1.82) is 5.41 Å². The number of aliphatic imine (C=N–C) groups is 1. The molecule has 0 unspecified atom stereocenters. The van der Waals surface area contributed by atoms with Crippen molar-refractivity contribution in [3.8, 4) is 0 Å². The van der Waals surface area contributed by atoms with Crippen LogP contribution in [-0.4, -0.2) is 17.7 Å². The minimum absolute atomic E-state index is 0.0518. The lowest BCUT2D eigenvalue weighted by molar-refractivity contribution is -0.133. The average molecular weight is 283 g/mol. The fraction of sp³-hybridized carbons (Fsp3) is 0.400. The number of nitrogens with one attached hydrogen (secondary N) is 1. The zero-order valence-electron chi connectivity index (χ0n) is 8.94. The third-order valence-corrected chi connectivity index (χ3v) is 3.44. The molecule has 0 aromatic carbocycles. The smallest absolute Gasteiger partial charge is 0.289 e. The maximum absolute atomic E-state index is 12.1. The normalized spacial score (nSPS) is 12.9. The third kappa shape index (κ3) is 4.47. The molecule has 7 heteroatoms. The van der Waals surface area contributed by atoms with Crippen molar-refractivity contribution in [1.82, 2.24) is 0 Å². The summed E-state index contributed by atoms with van der Waals surface area (Å²) in [4.78, 5) is 5.01. The molecule has 0 saturated carbocycles. The van der Waals surface area contributed by atoms with E-state index in [0.717, 1.165) is 11.2 Å². The van der Waals surface area contributed by atoms with Gasteiger partial charge >= 0.3 is 6.18 Å². The summed E-state index contributed by atoms with van der Waals surface area (Å²) in [5.74, 6) is 0. The number of halogens is 4. The Bertz CT molecular complexity index is 437. The molecule has 0 aliphatic heterocycles. The molecule has 1 N–H and O–H groups in total. The van der Waals surface area contributed by atoms with Gasteiger partial charge in [0.05, 0.1) is 0 Å². The molecule has 0 amide bonds. The summed E-state index contributed by atoms with van der Waals surface area (Å²) in [6, 6.07) is 1.60. The molecule has 0 aliphatic rings. The van der Waals surface area contributed by atoms with E-state index >= 15 is 0 Å². The summed E-state index contributed by atoms with van der Waals surface area (Å²) in [6.45, 7) is 1.76. The van der Waals surface area contributed by atoms with Crippen LogP contribution in [0.4, 0.5) is 13.2 Å². The van der Waals surface area contributed by atoms with Gasteiger partial charge in [0.15, 0.2) is 0 Å². The highest BCUT2D eigenvalue weighted by atomic mass is 35.5. The molecule has 94 valence electrons. The largest absolute Gasteiger partial charge is 0.389 e. The van der Waals surface area contributed by atoms with Gasteiger partial charge in [-0.3, -0.25) is 5.41 Å². The Morgan fingerprint density at radius 1 is 1.59 bits per heavy atom. The Morgan fingerprint density at radius 3 is 2.76 bits per heavy atom. The van der Waals surface area contributed by atoms with Gasteiger partial charge in [0.2, 0.25) is 0 Å². The van der Waals surface area contributed by atoms with E-state index in [-0.39, 0.29) is 11.6 Å². The van der Waals surface area contributed by atoms with Crippen LogP contribution >= 0.6 is 22.9 Å². The van der Waals surface area contributed by atoms with Crippen LogP contribution in [0.25, 0.3) is 0 Å². The topological polar surface area (TPSA) is 36.2 Å². The minimum Gasteiger partial charge on any atom is -0.289 e. The van der Waals surface area contributed by atoms with E-state index in [1.165, 1.54) is 11.3 Å². The van der Waals surface area contributed by atoms with E-state index in [1.807, 2.05) is 0 Å². The lowest BCUT2D eigenvalue weighted by Crippen LogP contribution is -2.07. The lowest BCUT2D eigenvalue weighted by Gasteiger charge is -2.03. The highest BCUT2D eigenvalue weighted by Crippen LogP contribution is 2.28. The van der Waals surface area contributed by atoms with Crippen LogP contribution in [0.3, 0.4) is 0 Å². The molecule has 0 atom stereocenters. The lowest BCUT2D eigenvalue weighted by atomic mass is 10.2. The zero-order chi connectivity index (χ0) is 13.1. The van der Waals surface area contributed by atoms with Gasteiger partial charge in [0.1, 0.15) is 11.5 Å². The molecule has 2 nitrogen and oxygen atoms in total. The molecule has 1 rings (SSSR count). The van der Waals surface area contributed by atoms with Crippen LogP contribution in [0.1, 0.15) is 21.7 Å². The van der Waals surface area contributed by atoms with Gasteiger partial charge in [-0.15, -0.1) is 11.3 Å². The quantitative estimate of drug-likeness (QED) is 0.636. The Kier molecular flexibility index (Phi) is 4.70. The minimum atomic E-state index is -4.15. The first-order valence-corrected chi connectivity index (χ1v) is 5.91. The van der Waals surface area contributed by atoms with Crippen LogP contribution in [0.5, 0.6) is 0 Å². The monoisotopic (exact) mass is 282 g/mol. The SMILES string of the molecule is Cc1sc(CCC(F)(F)F)cc1/C(Cl)=N\C=N. The summed E-state index contributed by atoms with van der Waals surface area (Å²) in [5.41, 5.74) is 0.595. The van der Waals surface area contributed by atoms with Crippen LogP contribution in [0.15, 0.2) is 11.1 Å². The van der Waals surface area contributed by atoms with Gasteiger partial charge in [0.25, 0.3) is 0 Å². The molecule has 0 bridgehead atoms. The molecule has 1 heterocycles. The summed E-state index contributed by atoms with van der Waals surface area (Å²) in [7, 11) is 0. The number of hydrogen-bond donors (Lipinski definition) is 1. The van der Waals surface area contributed by atoms with Crippen LogP contribution < -0.4 is 0 Å². The van der Waals surface area contributed by atoms with Crippen molar-refractivity contribution in [3.05, 3.63) is 21.4 Å². The first kappa shape index (κ1) is 14.2. The van der Waals surface area contributed by atoms with E-state index in [9.17, 15) is 13.2 Å². The number of hydrogen-bond acceptors (Lipinski definition) is 2. The Labute approximate surface area is 106 Å². The second kappa shape index (κ2) is 5.64. The van der Waals surface area contributed by atoms with Gasteiger partial charge in [-0.05, 0) is 19.4 Å². The number of rotatable bonds is 4. The van der Waals surface area contributed by atoms with Crippen LogP contribution in [0, 0.1) is 12.3 Å². The number of thiophene rings is 1. The van der Waals surface area contributed by atoms with Crippen molar-refractivity contribution in [2.24, 2.45) is 4.99 Å². The first-order valence-electron chi connectivity index (χ1n) is 4.72. The maximum Gasteiger partial charge on any atom is 0.389 e. The fourth-order valence-corrected chi connectivity index (χ4v) is 2.60. The van der Waals surface area contributed by atoms with Crippen molar-refractivity contribution >= 4 is 34.4 Å². The van der Waals surface area contributed by atoms with Crippen molar-refractivity contribution < 1.29 is 13.2 Å². The van der Waals surface area contributed by atoms with Gasteiger partial charge in [-0.2, -0.15) is 13.2 Å². The highest BCUT2D eigenvalue weighted by molar-refractivity contribution is 7.12. The second-order valence-electron chi connectivity index (χ2n) is 3.35. The molecule has 17 heavy (non-hydrogen) atoms. The predicted molar refractivity (Wildman–Crippen MR) is 64.6 cm³/mol. The molecule has 1 aromatic heterocycles. The van der Waals surface area contributed by atoms with E-state index in [4.69, 9.17) is 17.0 Å². The van der Waals surface area contributed by atoms with Crippen molar-refractivity contribution in [2.45, 2.75) is 25.9 Å². The van der Waals surface area contributed by atoms with Gasteiger partial charge in [-0.1, -0.05) is 11.6 Å². The second-order valence-corrected chi connectivity index (χ2v) is 5.05. The van der Waals surface area contributed by atoms with Gasteiger partial charge in [-0.25, -0.2) is 4.99 Å². The zero-order valence-corrected chi connectivity index (χ0v) is 10.5. The molecular formula is C10H10ClF3N2S. The fourth-order valence-electron chi connectivity index (χ4n) is 1.26. The summed E-state index contributed by atoms with van der Waals surface area (Å²) >= 11 is 7.07. The van der Waals surface area contributed by atoms with E-state index in [1.54, 1.807) is 13.0 Å². The molecule has 0 spiro atoms. The standard InChI is InChI=1S/C10H10ClF3N2S/c1-6-8(9(11)16-5-15)4-7(17-6)2-3-10(12,13)14/h4-5,15H,2-3H2,1H3/b15-5?,16-9+. The van der Waals surface area contributed by atoms with Crippen LogP contribution in [0.2, 0.25) is 0 Å². The van der Waals surface area contributed by atoms with E-state index in [0.29, 0.717) is 10.4 Å². The van der Waals surface area contributed by atoms with Gasteiger partial charge in [0, 0.05) is 21.7 Å².